The van der Waals surface area contributed by atoms with Gasteiger partial charge in [-0.05, 0) is 12.8 Å². The summed E-state index contributed by atoms with van der Waals surface area (Å²) in [5, 5.41) is 5.35. The summed E-state index contributed by atoms with van der Waals surface area (Å²) in [4.78, 5) is 22.5. The number of carbonyl (C=O) groups excluding carboxylic acids is 2. The smallest absolute Gasteiger partial charge is 0.245 e. The minimum Gasteiger partial charge on any atom is -0.357 e. The monoisotopic (exact) mass is 184 g/mol. The lowest BCUT2D eigenvalue weighted by molar-refractivity contribution is -0.132. The molecule has 0 radical (unpaired) electrons. The van der Waals surface area contributed by atoms with E-state index in [-0.39, 0.29) is 11.8 Å². The second-order valence-corrected chi connectivity index (χ2v) is 3.55. The highest BCUT2D eigenvalue weighted by molar-refractivity contribution is 5.90. The van der Waals surface area contributed by atoms with Gasteiger partial charge in [0.25, 0.3) is 0 Å². The van der Waals surface area contributed by atoms with Gasteiger partial charge in [-0.15, -0.1) is 0 Å². The van der Waals surface area contributed by atoms with Crippen LogP contribution in [0.2, 0.25) is 0 Å². The van der Waals surface area contributed by atoms with Crippen molar-refractivity contribution in [1.29, 1.82) is 0 Å². The van der Waals surface area contributed by atoms with Crippen molar-refractivity contribution >= 4 is 11.8 Å². The highest BCUT2D eigenvalue weighted by Gasteiger charge is 2.40. The lowest BCUT2D eigenvalue weighted by Crippen LogP contribution is -2.55. The topological polar surface area (TPSA) is 58.2 Å². The third-order valence-corrected chi connectivity index (χ3v) is 2.53. The Morgan fingerprint density at radius 3 is 2.15 bits per heavy atom. The first kappa shape index (κ1) is 10.0. The lowest BCUT2D eigenvalue weighted by Gasteiger charge is -2.27. The molecule has 1 aliphatic rings. The Labute approximate surface area is 78.1 Å². The Morgan fingerprint density at radius 1 is 1.23 bits per heavy atom. The Balaban J connectivity index is 2.74. The highest BCUT2D eigenvalue weighted by atomic mass is 16.2. The molecule has 0 aliphatic heterocycles. The van der Waals surface area contributed by atoms with Gasteiger partial charge in [0, 0.05) is 14.0 Å². The average Bonchev–Trinajstić information content (AvgIpc) is 2.51. The number of rotatable bonds is 2. The molecule has 4 nitrogen and oxygen atoms in total. The molecule has 0 atom stereocenters. The number of hydrogen-bond donors (Lipinski definition) is 2. The van der Waals surface area contributed by atoms with E-state index in [2.05, 4.69) is 10.6 Å². The molecule has 0 bridgehead atoms. The average molecular weight is 184 g/mol. The van der Waals surface area contributed by atoms with Crippen molar-refractivity contribution in [3.63, 3.8) is 0 Å². The van der Waals surface area contributed by atoms with Crippen LogP contribution in [0.5, 0.6) is 0 Å². The molecule has 0 aromatic rings. The maximum Gasteiger partial charge on any atom is 0.245 e. The highest BCUT2D eigenvalue weighted by Crippen LogP contribution is 2.29. The Morgan fingerprint density at radius 2 is 1.77 bits per heavy atom. The summed E-state index contributed by atoms with van der Waals surface area (Å²) in [6.45, 7) is 1.45. The zero-order valence-electron chi connectivity index (χ0n) is 8.14. The maximum atomic E-state index is 11.5. The van der Waals surface area contributed by atoms with Gasteiger partial charge in [-0.1, -0.05) is 12.8 Å². The first-order valence-corrected chi connectivity index (χ1v) is 4.62. The summed E-state index contributed by atoms with van der Waals surface area (Å²) < 4.78 is 0. The first-order valence-electron chi connectivity index (χ1n) is 4.62. The molecule has 1 rings (SSSR count). The number of nitrogens with one attached hydrogen (secondary N) is 2. The van der Waals surface area contributed by atoms with Crippen molar-refractivity contribution < 1.29 is 9.59 Å². The molecule has 1 aliphatic carbocycles. The fraction of sp³-hybridized carbons (Fsp3) is 0.778. The normalized spacial score (nSPS) is 19.5. The molecule has 2 N–H and O–H groups in total. The standard InChI is InChI=1S/C9H16N2O2/c1-7(12)11-9(8(13)10-2)5-3-4-6-9/h3-6H2,1-2H3,(H,10,13)(H,11,12). The van der Waals surface area contributed by atoms with Crippen LogP contribution in [0.25, 0.3) is 0 Å². The molecule has 1 fully saturated rings. The fourth-order valence-electron chi connectivity index (χ4n) is 1.96. The third-order valence-electron chi connectivity index (χ3n) is 2.53. The molecule has 0 aromatic heterocycles. The summed E-state index contributed by atoms with van der Waals surface area (Å²) in [5.74, 6) is -0.203. The second kappa shape index (κ2) is 3.77. The summed E-state index contributed by atoms with van der Waals surface area (Å²) >= 11 is 0. The number of amides is 2. The summed E-state index contributed by atoms with van der Waals surface area (Å²) in [7, 11) is 1.60. The van der Waals surface area contributed by atoms with E-state index < -0.39 is 5.54 Å². The Kier molecular flexibility index (Phi) is 2.90. The van der Waals surface area contributed by atoms with Gasteiger partial charge < -0.3 is 10.6 Å². The minimum atomic E-state index is -0.624. The predicted molar refractivity (Wildman–Crippen MR) is 49.1 cm³/mol. The molecule has 0 saturated heterocycles. The van der Waals surface area contributed by atoms with E-state index >= 15 is 0 Å². The van der Waals surface area contributed by atoms with Crippen LogP contribution >= 0.6 is 0 Å². The molecule has 1 saturated carbocycles. The fourth-order valence-corrected chi connectivity index (χ4v) is 1.96. The van der Waals surface area contributed by atoms with Gasteiger partial charge in [-0.2, -0.15) is 0 Å². The van der Waals surface area contributed by atoms with Crippen LogP contribution in [-0.2, 0) is 9.59 Å². The predicted octanol–water partition coefficient (Wildman–Crippen LogP) is 0.181. The molecular weight excluding hydrogens is 168 g/mol. The SMILES string of the molecule is CNC(=O)C1(NC(C)=O)CCCC1. The van der Waals surface area contributed by atoms with E-state index in [0.29, 0.717) is 0 Å². The largest absolute Gasteiger partial charge is 0.357 e. The van der Waals surface area contributed by atoms with Gasteiger partial charge in [-0.3, -0.25) is 9.59 Å². The van der Waals surface area contributed by atoms with Crippen molar-refractivity contribution in [2.75, 3.05) is 7.05 Å². The van der Waals surface area contributed by atoms with Crippen LogP contribution in [0.4, 0.5) is 0 Å². The Bertz CT molecular complexity index is 220. The third kappa shape index (κ3) is 1.99. The minimum absolute atomic E-state index is 0.0693. The molecule has 13 heavy (non-hydrogen) atoms. The zero-order valence-corrected chi connectivity index (χ0v) is 8.14. The number of likely N-dealkylation sites (N-methyl/N-ethyl adjacent to an activating group) is 1. The molecule has 2 amide bonds. The van der Waals surface area contributed by atoms with Crippen molar-refractivity contribution in [1.82, 2.24) is 10.6 Å². The van der Waals surface area contributed by atoms with Crippen LogP contribution in [0.15, 0.2) is 0 Å². The van der Waals surface area contributed by atoms with Gasteiger partial charge in [0.2, 0.25) is 11.8 Å². The van der Waals surface area contributed by atoms with E-state index in [1.54, 1.807) is 7.05 Å². The van der Waals surface area contributed by atoms with Crippen molar-refractivity contribution in [3.8, 4) is 0 Å². The second-order valence-electron chi connectivity index (χ2n) is 3.55. The van der Waals surface area contributed by atoms with Gasteiger partial charge >= 0.3 is 0 Å². The molecule has 0 heterocycles. The summed E-state index contributed by atoms with van der Waals surface area (Å²) in [5.41, 5.74) is -0.624. The van der Waals surface area contributed by atoms with E-state index in [1.165, 1.54) is 6.92 Å². The molecule has 74 valence electrons. The summed E-state index contributed by atoms with van der Waals surface area (Å²) in [6, 6.07) is 0. The first-order chi connectivity index (χ1) is 6.10. The number of carbonyl (C=O) groups is 2. The Hall–Kier alpha value is -1.06. The zero-order chi connectivity index (χ0) is 9.90. The van der Waals surface area contributed by atoms with Crippen LogP contribution in [0, 0.1) is 0 Å². The molecule has 0 aromatic carbocycles. The van der Waals surface area contributed by atoms with Crippen LogP contribution < -0.4 is 10.6 Å². The quantitative estimate of drug-likeness (QED) is 0.643. The van der Waals surface area contributed by atoms with E-state index in [1.807, 2.05) is 0 Å². The van der Waals surface area contributed by atoms with Crippen molar-refractivity contribution in [2.24, 2.45) is 0 Å². The lowest BCUT2D eigenvalue weighted by atomic mass is 9.96. The van der Waals surface area contributed by atoms with Crippen LogP contribution in [0.3, 0.4) is 0 Å². The van der Waals surface area contributed by atoms with Crippen molar-refractivity contribution in [2.45, 2.75) is 38.1 Å². The summed E-state index contributed by atoms with van der Waals surface area (Å²) in [6.07, 6.45) is 3.53. The molecule has 4 heteroatoms. The molecule has 0 spiro atoms. The van der Waals surface area contributed by atoms with Crippen LogP contribution in [0.1, 0.15) is 32.6 Å². The van der Waals surface area contributed by atoms with Gasteiger partial charge in [0.15, 0.2) is 0 Å². The van der Waals surface area contributed by atoms with Gasteiger partial charge in [-0.25, -0.2) is 0 Å². The maximum absolute atomic E-state index is 11.5. The van der Waals surface area contributed by atoms with Crippen molar-refractivity contribution in [3.05, 3.63) is 0 Å². The van der Waals surface area contributed by atoms with Gasteiger partial charge in [0.1, 0.15) is 5.54 Å². The van der Waals surface area contributed by atoms with Gasteiger partial charge in [0.05, 0.1) is 0 Å². The van der Waals surface area contributed by atoms with Crippen LogP contribution in [-0.4, -0.2) is 24.4 Å². The molecular formula is C9H16N2O2. The van der Waals surface area contributed by atoms with E-state index in [9.17, 15) is 9.59 Å². The number of hydrogen-bond acceptors (Lipinski definition) is 2. The van der Waals surface area contributed by atoms with E-state index in [4.69, 9.17) is 0 Å². The van der Waals surface area contributed by atoms with E-state index in [0.717, 1.165) is 25.7 Å². The molecule has 0 unspecified atom stereocenters.